The molecule has 2 aromatic carbocycles. The summed E-state index contributed by atoms with van der Waals surface area (Å²) in [4.78, 5) is 28.0. The minimum Gasteiger partial charge on any atom is -0.444 e. The number of aromatic nitrogens is 1. The zero-order chi connectivity index (χ0) is 15.5. The lowest BCUT2D eigenvalue weighted by molar-refractivity contribution is -0.127. The highest BCUT2D eigenvalue weighted by Gasteiger charge is 2.23. The molecule has 0 saturated heterocycles. The summed E-state index contributed by atoms with van der Waals surface area (Å²) >= 11 is 1.43. The van der Waals surface area contributed by atoms with Crippen LogP contribution >= 0.6 is 11.3 Å². The summed E-state index contributed by atoms with van der Waals surface area (Å²) in [6.45, 7) is 0. The van der Waals surface area contributed by atoms with Crippen molar-refractivity contribution in [3.8, 4) is 0 Å². The van der Waals surface area contributed by atoms with E-state index in [0.29, 0.717) is 11.1 Å². The number of benzene rings is 2. The lowest BCUT2D eigenvalue weighted by Crippen LogP contribution is -2.26. The van der Waals surface area contributed by atoms with Crippen molar-refractivity contribution in [3.63, 3.8) is 0 Å². The van der Waals surface area contributed by atoms with Crippen molar-refractivity contribution in [3.05, 3.63) is 65.2 Å². The Morgan fingerprint density at radius 2 is 1.91 bits per heavy atom. The van der Waals surface area contributed by atoms with Gasteiger partial charge < -0.3 is 10.5 Å². The van der Waals surface area contributed by atoms with Crippen LogP contribution in [0, 0.1) is 0 Å². The van der Waals surface area contributed by atoms with Crippen molar-refractivity contribution in [2.45, 2.75) is 6.10 Å². The first-order chi connectivity index (χ1) is 10.6. The van der Waals surface area contributed by atoms with Crippen molar-refractivity contribution >= 4 is 33.4 Å². The maximum Gasteiger partial charge on any atom is 0.339 e. The number of hydrogen-bond donors (Lipinski definition) is 1. The number of carbonyl (C=O) groups excluding carboxylic acids is 2. The van der Waals surface area contributed by atoms with E-state index in [-0.39, 0.29) is 0 Å². The molecule has 1 amide bonds. The largest absolute Gasteiger partial charge is 0.444 e. The quantitative estimate of drug-likeness (QED) is 0.751. The molecular formula is C16H12N2O3S. The molecule has 1 aromatic heterocycles. The Kier molecular flexibility index (Phi) is 3.84. The predicted octanol–water partition coefficient (Wildman–Crippen LogP) is 2.68. The summed E-state index contributed by atoms with van der Waals surface area (Å²) in [5.41, 5.74) is 8.77. The van der Waals surface area contributed by atoms with Crippen LogP contribution in [-0.2, 0) is 9.53 Å². The van der Waals surface area contributed by atoms with Gasteiger partial charge in [0, 0.05) is 5.56 Å². The highest BCUT2D eigenvalue weighted by molar-refractivity contribution is 7.16. The highest BCUT2D eigenvalue weighted by Crippen LogP contribution is 2.22. The number of thiazole rings is 1. The van der Waals surface area contributed by atoms with Crippen LogP contribution in [0.15, 0.2) is 54.0 Å². The van der Waals surface area contributed by atoms with E-state index in [1.54, 1.807) is 54.0 Å². The van der Waals surface area contributed by atoms with Crippen LogP contribution in [0.25, 0.3) is 10.2 Å². The normalized spacial score (nSPS) is 12.0. The molecule has 5 nitrogen and oxygen atoms in total. The zero-order valence-corrected chi connectivity index (χ0v) is 12.2. The van der Waals surface area contributed by atoms with Gasteiger partial charge in [-0.25, -0.2) is 9.78 Å². The van der Waals surface area contributed by atoms with Gasteiger partial charge in [0.2, 0.25) is 6.10 Å². The van der Waals surface area contributed by atoms with Crippen molar-refractivity contribution in [2.24, 2.45) is 5.73 Å². The van der Waals surface area contributed by atoms with E-state index in [2.05, 4.69) is 4.98 Å². The molecule has 0 radical (unpaired) electrons. The van der Waals surface area contributed by atoms with Gasteiger partial charge in [0.05, 0.1) is 21.3 Å². The summed E-state index contributed by atoms with van der Waals surface area (Å²) in [6.07, 6.45) is -1.11. The number of esters is 1. The third kappa shape index (κ3) is 2.82. The Bertz CT molecular complexity index is 830. The van der Waals surface area contributed by atoms with E-state index in [1.807, 2.05) is 0 Å². The third-order valence-corrected chi connectivity index (χ3v) is 3.94. The number of amides is 1. The fourth-order valence-electron chi connectivity index (χ4n) is 2.08. The van der Waals surface area contributed by atoms with E-state index in [1.165, 1.54) is 11.3 Å². The van der Waals surface area contributed by atoms with Crippen LogP contribution < -0.4 is 5.73 Å². The fraction of sp³-hybridized carbons (Fsp3) is 0.0625. The molecule has 6 heteroatoms. The number of carbonyl (C=O) groups is 2. The van der Waals surface area contributed by atoms with Gasteiger partial charge in [-0.1, -0.05) is 30.3 Å². The van der Waals surface area contributed by atoms with E-state index in [9.17, 15) is 9.59 Å². The second-order valence-electron chi connectivity index (χ2n) is 4.63. The van der Waals surface area contributed by atoms with Gasteiger partial charge in [-0.15, -0.1) is 11.3 Å². The van der Waals surface area contributed by atoms with Gasteiger partial charge in [-0.3, -0.25) is 4.79 Å². The molecule has 3 rings (SSSR count). The molecule has 0 aliphatic rings. The Morgan fingerprint density at radius 3 is 2.64 bits per heavy atom. The maximum atomic E-state index is 12.3. The van der Waals surface area contributed by atoms with Gasteiger partial charge in [0.1, 0.15) is 0 Å². The van der Waals surface area contributed by atoms with E-state index >= 15 is 0 Å². The van der Waals surface area contributed by atoms with Crippen LogP contribution in [-0.4, -0.2) is 16.9 Å². The first kappa shape index (κ1) is 14.2. The predicted molar refractivity (Wildman–Crippen MR) is 83.4 cm³/mol. The van der Waals surface area contributed by atoms with E-state index in [4.69, 9.17) is 10.5 Å². The van der Waals surface area contributed by atoms with Crippen molar-refractivity contribution in [1.29, 1.82) is 0 Å². The molecule has 22 heavy (non-hydrogen) atoms. The van der Waals surface area contributed by atoms with Gasteiger partial charge in [0.15, 0.2) is 0 Å². The second-order valence-corrected chi connectivity index (χ2v) is 5.52. The summed E-state index contributed by atoms with van der Waals surface area (Å²) in [5, 5.41) is 0. The lowest BCUT2D eigenvalue weighted by Gasteiger charge is -2.15. The van der Waals surface area contributed by atoms with Crippen LogP contribution in [0.2, 0.25) is 0 Å². The van der Waals surface area contributed by atoms with Gasteiger partial charge in [0.25, 0.3) is 5.91 Å². The molecule has 1 atom stereocenters. The van der Waals surface area contributed by atoms with Crippen LogP contribution in [0.4, 0.5) is 0 Å². The molecular weight excluding hydrogens is 300 g/mol. The van der Waals surface area contributed by atoms with Gasteiger partial charge >= 0.3 is 5.97 Å². The SMILES string of the molecule is NC(=O)C(OC(=O)c1ccc2ncsc2c1)c1ccccc1. The van der Waals surface area contributed by atoms with Crippen molar-refractivity contribution < 1.29 is 14.3 Å². The number of nitrogens with two attached hydrogens (primary N) is 1. The summed E-state index contributed by atoms with van der Waals surface area (Å²) in [6, 6.07) is 13.7. The average molecular weight is 312 g/mol. The maximum absolute atomic E-state index is 12.3. The second kappa shape index (κ2) is 5.95. The molecule has 1 unspecified atom stereocenters. The number of ether oxygens (including phenoxy) is 1. The molecule has 1 heterocycles. The number of nitrogens with zero attached hydrogens (tertiary/aromatic N) is 1. The molecule has 0 fully saturated rings. The van der Waals surface area contributed by atoms with Crippen LogP contribution in [0.5, 0.6) is 0 Å². The topological polar surface area (TPSA) is 82.3 Å². The van der Waals surface area contributed by atoms with E-state index < -0.39 is 18.0 Å². The summed E-state index contributed by atoms with van der Waals surface area (Å²) < 4.78 is 6.16. The standard InChI is InChI=1S/C16H12N2O3S/c17-15(19)14(10-4-2-1-3-5-10)21-16(20)11-6-7-12-13(8-11)22-9-18-12/h1-9,14H,(H2,17,19). The first-order valence-electron chi connectivity index (χ1n) is 6.53. The molecule has 3 aromatic rings. The Hall–Kier alpha value is -2.73. The number of primary amides is 1. The number of fused-ring (bicyclic) bond motifs is 1. The minimum absolute atomic E-state index is 0.360. The first-order valence-corrected chi connectivity index (χ1v) is 7.41. The molecule has 2 N–H and O–H groups in total. The molecule has 0 saturated carbocycles. The van der Waals surface area contributed by atoms with Crippen LogP contribution in [0.3, 0.4) is 0 Å². The minimum atomic E-state index is -1.11. The number of hydrogen-bond acceptors (Lipinski definition) is 5. The monoisotopic (exact) mass is 312 g/mol. The summed E-state index contributed by atoms with van der Waals surface area (Å²) in [7, 11) is 0. The van der Waals surface area contributed by atoms with Crippen molar-refractivity contribution in [1.82, 2.24) is 4.98 Å². The molecule has 110 valence electrons. The van der Waals surface area contributed by atoms with Crippen LogP contribution in [0.1, 0.15) is 22.0 Å². The zero-order valence-electron chi connectivity index (χ0n) is 11.4. The van der Waals surface area contributed by atoms with Gasteiger partial charge in [-0.05, 0) is 18.2 Å². The third-order valence-electron chi connectivity index (χ3n) is 3.15. The lowest BCUT2D eigenvalue weighted by atomic mass is 10.1. The number of rotatable bonds is 4. The molecule has 0 aliphatic carbocycles. The van der Waals surface area contributed by atoms with Gasteiger partial charge in [-0.2, -0.15) is 0 Å². The Labute approximate surface area is 130 Å². The smallest absolute Gasteiger partial charge is 0.339 e. The Balaban J connectivity index is 1.86. The average Bonchev–Trinajstić information content (AvgIpc) is 3.00. The molecule has 0 aliphatic heterocycles. The molecule has 0 spiro atoms. The Morgan fingerprint density at radius 1 is 1.14 bits per heavy atom. The van der Waals surface area contributed by atoms with Crippen molar-refractivity contribution in [2.75, 3.05) is 0 Å². The summed E-state index contributed by atoms with van der Waals surface area (Å²) in [5.74, 6) is -1.30. The fourth-order valence-corrected chi connectivity index (χ4v) is 2.79. The highest BCUT2D eigenvalue weighted by atomic mass is 32.1. The van der Waals surface area contributed by atoms with E-state index in [0.717, 1.165) is 10.2 Å². The molecule has 0 bridgehead atoms.